The number of rotatable bonds is 4. The fourth-order valence-electron chi connectivity index (χ4n) is 4.29. The van der Waals surface area contributed by atoms with Crippen LogP contribution < -0.4 is 5.73 Å². The lowest BCUT2D eigenvalue weighted by Gasteiger charge is -2.37. The summed E-state index contributed by atoms with van der Waals surface area (Å²) in [6, 6.07) is 12.9. The molecule has 0 spiro atoms. The van der Waals surface area contributed by atoms with Gasteiger partial charge in [0.05, 0.1) is 15.9 Å². The zero-order chi connectivity index (χ0) is 22.2. The Morgan fingerprint density at radius 3 is 2.75 bits per heavy atom. The average molecular weight is 451 g/mol. The molecular formula is C24H23FN4O2S. The lowest BCUT2D eigenvalue weighted by Crippen LogP contribution is -2.49. The van der Waals surface area contributed by atoms with E-state index in [2.05, 4.69) is 9.97 Å². The molecule has 3 heterocycles. The predicted octanol–water partition coefficient (Wildman–Crippen LogP) is 5.09. The van der Waals surface area contributed by atoms with Gasteiger partial charge in [0.1, 0.15) is 23.1 Å². The zero-order valence-corrected chi connectivity index (χ0v) is 18.4. The average Bonchev–Trinajstić information content (AvgIpc) is 3.42. The number of fused-ring (bicyclic) bond motifs is 1. The second-order valence-corrected chi connectivity index (χ2v) is 9.23. The molecule has 1 amide bonds. The molecule has 2 atom stereocenters. The van der Waals surface area contributed by atoms with Gasteiger partial charge < -0.3 is 15.1 Å². The second-order valence-electron chi connectivity index (χ2n) is 8.02. The second kappa shape index (κ2) is 8.44. The van der Waals surface area contributed by atoms with E-state index in [4.69, 9.17) is 10.2 Å². The maximum atomic E-state index is 13.7. The van der Waals surface area contributed by atoms with Gasteiger partial charge in [-0.1, -0.05) is 24.3 Å². The van der Waals surface area contributed by atoms with Crippen LogP contribution in [0.25, 0.3) is 21.5 Å². The summed E-state index contributed by atoms with van der Waals surface area (Å²) < 4.78 is 19.3. The molecule has 0 aliphatic carbocycles. The molecule has 8 heteroatoms. The first-order valence-electron chi connectivity index (χ1n) is 10.7. The molecule has 5 rings (SSSR count). The van der Waals surface area contributed by atoms with E-state index < -0.39 is 6.04 Å². The predicted molar refractivity (Wildman–Crippen MR) is 122 cm³/mol. The molecule has 2 aromatic heterocycles. The Morgan fingerprint density at radius 1 is 1.19 bits per heavy atom. The van der Waals surface area contributed by atoms with Gasteiger partial charge in [0.15, 0.2) is 5.58 Å². The molecule has 6 nitrogen and oxygen atoms in total. The fraction of sp³-hybridized carbons (Fsp3) is 0.292. The molecule has 1 saturated heterocycles. The number of hydrogen-bond acceptors (Lipinski definition) is 6. The van der Waals surface area contributed by atoms with Crippen molar-refractivity contribution in [2.75, 3.05) is 6.54 Å². The first-order chi connectivity index (χ1) is 15.5. The monoisotopic (exact) mass is 450 g/mol. The first-order valence-corrected chi connectivity index (χ1v) is 11.5. The number of carbonyl (C=O) groups excluding carboxylic acids is 1. The van der Waals surface area contributed by atoms with Crippen LogP contribution in [0.4, 0.5) is 4.39 Å². The van der Waals surface area contributed by atoms with E-state index >= 15 is 0 Å². The number of piperidine rings is 1. The minimum Gasteiger partial charge on any atom is -0.439 e. The number of hydrogen-bond donors (Lipinski definition) is 1. The normalized spacial score (nSPS) is 17.6. The van der Waals surface area contributed by atoms with E-state index in [9.17, 15) is 9.18 Å². The fourth-order valence-corrected chi connectivity index (χ4v) is 5.20. The van der Waals surface area contributed by atoms with Crippen LogP contribution in [-0.4, -0.2) is 33.4 Å². The maximum Gasteiger partial charge on any atom is 0.274 e. The van der Waals surface area contributed by atoms with Crippen molar-refractivity contribution in [2.24, 2.45) is 5.73 Å². The van der Waals surface area contributed by atoms with E-state index in [1.165, 1.54) is 23.5 Å². The van der Waals surface area contributed by atoms with Crippen molar-refractivity contribution in [3.05, 3.63) is 70.9 Å². The largest absolute Gasteiger partial charge is 0.439 e. The summed E-state index contributed by atoms with van der Waals surface area (Å²) >= 11 is 1.43. The summed E-state index contributed by atoms with van der Waals surface area (Å²) in [5, 5.41) is 0.782. The highest BCUT2D eigenvalue weighted by molar-refractivity contribution is 7.15. The Balaban J connectivity index is 1.47. The molecule has 0 saturated carbocycles. The molecule has 0 bridgehead atoms. The lowest BCUT2D eigenvalue weighted by molar-refractivity contribution is 0.0556. The third kappa shape index (κ3) is 3.80. The Kier molecular flexibility index (Phi) is 5.48. The number of carbonyl (C=O) groups is 1. The van der Waals surface area contributed by atoms with Crippen molar-refractivity contribution in [3.63, 3.8) is 0 Å². The van der Waals surface area contributed by atoms with Crippen LogP contribution in [0.15, 0.2) is 52.9 Å². The van der Waals surface area contributed by atoms with Crippen LogP contribution in [0, 0.1) is 12.7 Å². The summed E-state index contributed by atoms with van der Waals surface area (Å²) in [6.07, 6.45) is 2.64. The van der Waals surface area contributed by atoms with Crippen molar-refractivity contribution in [1.29, 1.82) is 0 Å². The van der Waals surface area contributed by atoms with Crippen molar-refractivity contribution in [2.45, 2.75) is 38.3 Å². The molecule has 0 radical (unpaired) electrons. The number of halogens is 1. The summed E-state index contributed by atoms with van der Waals surface area (Å²) in [4.78, 5) is 25.3. The highest BCUT2D eigenvalue weighted by Gasteiger charge is 2.36. The summed E-state index contributed by atoms with van der Waals surface area (Å²) in [5.41, 5.74) is 9.19. The van der Waals surface area contributed by atoms with Gasteiger partial charge in [-0.15, -0.1) is 11.3 Å². The number of oxazole rings is 1. The number of aryl methyl sites for hydroxylation is 1. The van der Waals surface area contributed by atoms with Crippen molar-refractivity contribution in [1.82, 2.24) is 14.9 Å². The van der Waals surface area contributed by atoms with Crippen LogP contribution in [0.2, 0.25) is 0 Å². The topological polar surface area (TPSA) is 85.2 Å². The van der Waals surface area contributed by atoms with Crippen molar-refractivity contribution >= 4 is 28.3 Å². The Hall–Kier alpha value is -3.10. The van der Waals surface area contributed by atoms with Gasteiger partial charge in [0.25, 0.3) is 5.91 Å². The zero-order valence-electron chi connectivity index (χ0n) is 17.6. The summed E-state index contributed by atoms with van der Waals surface area (Å²) in [5.74, 6) is -0.0441. The van der Waals surface area contributed by atoms with Gasteiger partial charge in [-0.3, -0.25) is 4.79 Å². The van der Waals surface area contributed by atoms with Crippen LogP contribution in [0.1, 0.15) is 46.7 Å². The summed E-state index contributed by atoms with van der Waals surface area (Å²) in [6.45, 7) is 2.46. The molecule has 1 aliphatic heterocycles. The van der Waals surface area contributed by atoms with Gasteiger partial charge in [0.2, 0.25) is 5.89 Å². The van der Waals surface area contributed by atoms with Gasteiger partial charge in [-0.25, -0.2) is 14.4 Å². The highest BCUT2D eigenvalue weighted by Crippen LogP contribution is 2.34. The summed E-state index contributed by atoms with van der Waals surface area (Å²) in [7, 11) is 0. The Morgan fingerprint density at radius 2 is 1.97 bits per heavy atom. The third-order valence-corrected chi connectivity index (χ3v) is 6.88. The maximum absolute atomic E-state index is 13.7. The van der Waals surface area contributed by atoms with Crippen molar-refractivity contribution in [3.8, 4) is 10.4 Å². The van der Waals surface area contributed by atoms with Gasteiger partial charge in [0, 0.05) is 6.54 Å². The molecule has 4 aromatic rings. The van der Waals surface area contributed by atoms with Crippen LogP contribution in [0.5, 0.6) is 0 Å². The van der Waals surface area contributed by atoms with Crippen LogP contribution in [-0.2, 0) is 0 Å². The minimum atomic E-state index is -0.541. The molecule has 2 N–H and O–H groups in total. The van der Waals surface area contributed by atoms with E-state index in [0.29, 0.717) is 23.7 Å². The number of aromatic nitrogens is 2. The molecular weight excluding hydrogens is 427 g/mol. The lowest BCUT2D eigenvalue weighted by atomic mass is 9.95. The number of nitrogens with zero attached hydrogens (tertiary/aromatic N) is 3. The molecule has 32 heavy (non-hydrogen) atoms. The van der Waals surface area contributed by atoms with Crippen molar-refractivity contribution < 1.29 is 13.6 Å². The van der Waals surface area contributed by atoms with E-state index in [-0.39, 0.29) is 17.8 Å². The molecule has 2 aromatic carbocycles. The molecule has 1 unspecified atom stereocenters. The number of nitrogens with two attached hydrogens (primary N) is 1. The van der Waals surface area contributed by atoms with Gasteiger partial charge in [-0.2, -0.15) is 0 Å². The first kappa shape index (κ1) is 20.8. The SMILES string of the molecule is Cc1nc(C(=O)N2CCCC[C@H]2C(N)c2nc3ccccc3o2)c(-c2ccc(F)cc2)s1. The Labute approximate surface area is 188 Å². The number of likely N-dealkylation sites (tertiary alicyclic amines) is 1. The van der Waals surface area contributed by atoms with Gasteiger partial charge in [-0.05, 0) is 56.0 Å². The minimum absolute atomic E-state index is 0.162. The van der Waals surface area contributed by atoms with E-state index in [0.717, 1.165) is 40.2 Å². The number of amides is 1. The van der Waals surface area contributed by atoms with E-state index in [1.54, 1.807) is 12.1 Å². The molecule has 1 aliphatic rings. The smallest absolute Gasteiger partial charge is 0.274 e. The standard InChI is InChI=1S/C24H23FN4O2S/c1-14-27-21(22(32-14)15-9-11-16(25)12-10-15)24(30)29-13-5-4-7-18(29)20(26)23-28-17-6-2-3-8-19(17)31-23/h2-3,6,8-12,18,20H,4-5,7,13,26H2,1H3/t18-,20?/m0/s1. The van der Waals surface area contributed by atoms with Crippen LogP contribution in [0.3, 0.4) is 0 Å². The number of thiazole rings is 1. The van der Waals surface area contributed by atoms with Gasteiger partial charge >= 0.3 is 0 Å². The van der Waals surface area contributed by atoms with E-state index in [1.807, 2.05) is 36.1 Å². The highest BCUT2D eigenvalue weighted by atomic mass is 32.1. The molecule has 164 valence electrons. The Bertz CT molecular complexity index is 1230. The number of benzene rings is 2. The van der Waals surface area contributed by atoms with Crippen LogP contribution >= 0.6 is 11.3 Å². The number of para-hydroxylation sites is 2. The molecule has 1 fully saturated rings. The quantitative estimate of drug-likeness (QED) is 0.468. The third-order valence-electron chi connectivity index (χ3n) is 5.86.